The van der Waals surface area contributed by atoms with Crippen molar-refractivity contribution in [1.82, 2.24) is 10.6 Å². The highest BCUT2D eigenvalue weighted by Crippen LogP contribution is 2.27. The molecule has 0 aromatic heterocycles. The maximum atomic E-state index is 12.6. The van der Waals surface area contributed by atoms with Gasteiger partial charge in [0.2, 0.25) is 0 Å². The number of urea groups is 2. The van der Waals surface area contributed by atoms with Gasteiger partial charge in [-0.3, -0.25) is 4.79 Å². The molecule has 0 spiro atoms. The second kappa shape index (κ2) is 14.4. The van der Waals surface area contributed by atoms with Gasteiger partial charge in [0.1, 0.15) is 0 Å². The molecule has 0 bridgehead atoms. The first-order valence-corrected chi connectivity index (χ1v) is 12.9. The van der Waals surface area contributed by atoms with Crippen LogP contribution in [0, 0.1) is 0 Å². The minimum Gasteiger partial charge on any atom is -0.481 e. The standard InChI is InChI=1S/C27H32N6O4S/c1-3-14-29-26(36)31-21-7-5-9-23(16-21)38-33-22-8-4-6-18(15-22)24(17-25(34)35)32-27(37)30-20-12-10-19(28-2)11-13-20/h4-13,15-16,24,28,33H,3,14,17H2,1-2H3,(H,34,35)(H2,29,31,36)(H2,30,32,37)/t24-/m1/s1. The Morgan fingerprint density at radius 2 is 1.53 bits per heavy atom. The fraction of sp³-hybridized carbons (Fsp3) is 0.222. The highest BCUT2D eigenvalue weighted by atomic mass is 32.2. The number of benzene rings is 3. The first kappa shape index (κ1) is 28.2. The molecule has 3 aromatic rings. The minimum atomic E-state index is -1.03. The zero-order valence-corrected chi connectivity index (χ0v) is 22.0. The molecule has 0 unspecified atom stereocenters. The second-order valence-corrected chi connectivity index (χ2v) is 9.19. The number of carbonyl (C=O) groups excluding carboxylic acids is 2. The highest BCUT2D eigenvalue weighted by Gasteiger charge is 2.19. The summed E-state index contributed by atoms with van der Waals surface area (Å²) in [6.07, 6.45) is 0.571. The van der Waals surface area contributed by atoms with Crippen LogP contribution in [0.15, 0.2) is 77.7 Å². The Balaban J connectivity index is 1.63. The third-order valence-corrected chi connectivity index (χ3v) is 6.15. The lowest BCUT2D eigenvalue weighted by Crippen LogP contribution is -2.33. The molecule has 3 rings (SSSR count). The number of carbonyl (C=O) groups is 3. The molecule has 11 heteroatoms. The van der Waals surface area contributed by atoms with Crippen LogP contribution in [0.5, 0.6) is 0 Å². The number of rotatable bonds is 12. The van der Waals surface area contributed by atoms with Crippen molar-refractivity contribution in [1.29, 1.82) is 0 Å². The Morgan fingerprint density at radius 1 is 0.842 bits per heavy atom. The molecule has 10 nitrogen and oxygen atoms in total. The van der Waals surface area contributed by atoms with Gasteiger partial charge in [0.05, 0.1) is 12.5 Å². The smallest absolute Gasteiger partial charge is 0.319 e. The second-order valence-electron chi connectivity index (χ2n) is 8.31. The molecule has 0 saturated heterocycles. The van der Waals surface area contributed by atoms with Gasteiger partial charge in [-0.2, -0.15) is 0 Å². The third kappa shape index (κ3) is 9.25. The van der Waals surface area contributed by atoms with Crippen LogP contribution in [0.1, 0.15) is 31.4 Å². The number of carboxylic acid groups (broad SMARTS) is 1. The van der Waals surface area contributed by atoms with Crippen LogP contribution in [-0.2, 0) is 4.79 Å². The summed E-state index contributed by atoms with van der Waals surface area (Å²) in [6, 6.07) is 20.2. The fourth-order valence-electron chi connectivity index (χ4n) is 3.46. The predicted molar refractivity (Wildman–Crippen MR) is 153 cm³/mol. The molecule has 0 radical (unpaired) electrons. The molecule has 0 aliphatic carbocycles. The van der Waals surface area contributed by atoms with Crippen LogP contribution < -0.4 is 31.3 Å². The van der Waals surface area contributed by atoms with Crippen molar-refractivity contribution in [2.45, 2.75) is 30.7 Å². The quantitative estimate of drug-likeness (QED) is 0.147. The van der Waals surface area contributed by atoms with Gasteiger partial charge in [-0.05, 0) is 78.5 Å². The molecule has 7 N–H and O–H groups in total. The van der Waals surface area contributed by atoms with E-state index in [0.717, 1.165) is 22.7 Å². The zero-order valence-electron chi connectivity index (χ0n) is 21.2. The van der Waals surface area contributed by atoms with Gasteiger partial charge < -0.3 is 36.4 Å². The number of carboxylic acids is 1. The van der Waals surface area contributed by atoms with E-state index in [1.165, 1.54) is 11.9 Å². The van der Waals surface area contributed by atoms with E-state index in [1.54, 1.807) is 43.4 Å². The van der Waals surface area contributed by atoms with Gasteiger partial charge in [-0.15, -0.1) is 0 Å². The van der Waals surface area contributed by atoms with Gasteiger partial charge in [0, 0.05) is 41.2 Å². The number of hydrogen-bond donors (Lipinski definition) is 7. The molecule has 3 aromatic carbocycles. The van der Waals surface area contributed by atoms with Crippen LogP contribution in [0.2, 0.25) is 0 Å². The molecule has 0 fully saturated rings. The maximum Gasteiger partial charge on any atom is 0.319 e. The third-order valence-electron chi connectivity index (χ3n) is 5.32. The SMILES string of the molecule is CCCNC(=O)Nc1cccc(SNc2cccc([C@@H](CC(=O)O)NC(=O)Nc3ccc(NC)cc3)c2)c1. The first-order valence-electron chi connectivity index (χ1n) is 12.1. The van der Waals surface area contributed by atoms with Gasteiger partial charge in [0.15, 0.2) is 0 Å². The molecule has 4 amide bonds. The average molecular weight is 537 g/mol. The van der Waals surface area contributed by atoms with Crippen molar-refractivity contribution in [3.63, 3.8) is 0 Å². The van der Waals surface area contributed by atoms with Gasteiger partial charge in [-0.25, -0.2) is 9.59 Å². The monoisotopic (exact) mass is 536 g/mol. The van der Waals surface area contributed by atoms with Crippen molar-refractivity contribution in [3.05, 3.63) is 78.4 Å². The Hall–Kier alpha value is -4.38. The van der Waals surface area contributed by atoms with Crippen LogP contribution in [0.3, 0.4) is 0 Å². The molecule has 1 atom stereocenters. The molecule has 0 aliphatic heterocycles. The van der Waals surface area contributed by atoms with E-state index in [4.69, 9.17) is 0 Å². The maximum absolute atomic E-state index is 12.6. The number of nitrogens with one attached hydrogen (secondary N) is 6. The molecular formula is C27H32N6O4S. The lowest BCUT2D eigenvalue weighted by atomic mass is 10.0. The van der Waals surface area contributed by atoms with Crippen molar-refractivity contribution in [2.24, 2.45) is 0 Å². The fourth-order valence-corrected chi connectivity index (χ4v) is 4.16. The molecule has 0 aliphatic rings. The average Bonchev–Trinajstić information content (AvgIpc) is 2.91. The molecule has 38 heavy (non-hydrogen) atoms. The molecule has 0 heterocycles. The largest absolute Gasteiger partial charge is 0.481 e. The normalized spacial score (nSPS) is 11.1. The van der Waals surface area contributed by atoms with Crippen LogP contribution in [-0.4, -0.2) is 36.7 Å². The Kier molecular flexibility index (Phi) is 10.7. The van der Waals surface area contributed by atoms with E-state index in [0.29, 0.717) is 23.5 Å². The molecule has 0 saturated carbocycles. The summed E-state index contributed by atoms with van der Waals surface area (Å²) in [4.78, 5) is 36.9. The summed E-state index contributed by atoms with van der Waals surface area (Å²) in [5, 5.41) is 23.5. The Morgan fingerprint density at radius 3 is 2.24 bits per heavy atom. The Labute approximate surface area is 226 Å². The van der Waals surface area contributed by atoms with E-state index in [2.05, 4.69) is 31.3 Å². The lowest BCUT2D eigenvalue weighted by Gasteiger charge is -2.19. The number of anilines is 4. The van der Waals surface area contributed by atoms with Crippen molar-refractivity contribution >= 4 is 52.7 Å². The summed E-state index contributed by atoms with van der Waals surface area (Å²) < 4.78 is 3.23. The topological polar surface area (TPSA) is 144 Å². The summed E-state index contributed by atoms with van der Waals surface area (Å²) >= 11 is 1.34. The number of amides is 4. The van der Waals surface area contributed by atoms with Crippen molar-refractivity contribution in [3.8, 4) is 0 Å². The van der Waals surface area contributed by atoms with Gasteiger partial charge in [0.25, 0.3) is 0 Å². The Bertz CT molecular complexity index is 1240. The van der Waals surface area contributed by atoms with Crippen molar-refractivity contribution < 1.29 is 19.5 Å². The van der Waals surface area contributed by atoms with E-state index >= 15 is 0 Å². The van der Waals surface area contributed by atoms with Gasteiger partial charge >= 0.3 is 18.0 Å². The minimum absolute atomic E-state index is 0.259. The summed E-state index contributed by atoms with van der Waals surface area (Å²) in [6.45, 7) is 2.58. The zero-order chi connectivity index (χ0) is 27.3. The van der Waals surface area contributed by atoms with E-state index in [-0.39, 0.29) is 12.5 Å². The molecule has 200 valence electrons. The van der Waals surface area contributed by atoms with Crippen molar-refractivity contribution in [2.75, 3.05) is 34.3 Å². The van der Waals surface area contributed by atoms with Gasteiger partial charge in [-0.1, -0.05) is 25.1 Å². The number of hydrogen-bond acceptors (Lipinski definition) is 6. The highest BCUT2D eigenvalue weighted by molar-refractivity contribution is 8.00. The summed E-state index contributed by atoms with van der Waals surface area (Å²) in [7, 11) is 1.80. The van der Waals surface area contributed by atoms with Crippen LogP contribution in [0.25, 0.3) is 0 Å². The summed E-state index contributed by atoms with van der Waals surface area (Å²) in [5.41, 5.74) is 3.52. The summed E-state index contributed by atoms with van der Waals surface area (Å²) in [5.74, 6) is -1.03. The van der Waals surface area contributed by atoms with E-state index < -0.39 is 18.0 Å². The van der Waals surface area contributed by atoms with Crippen LogP contribution in [0.4, 0.5) is 32.3 Å². The lowest BCUT2D eigenvalue weighted by molar-refractivity contribution is -0.137. The van der Waals surface area contributed by atoms with E-state index in [9.17, 15) is 19.5 Å². The van der Waals surface area contributed by atoms with Crippen LogP contribution >= 0.6 is 11.9 Å². The predicted octanol–water partition coefficient (Wildman–Crippen LogP) is 5.72. The first-order chi connectivity index (χ1) is 18.4. The van der Waals surface area contributed by atoms with E-state index in [1.807, 2.05) is 43.3 Å². The molecular weight excluding hydrogens is 504 g/mol. The number of aliphatic carboxylic acids is 1.